The van der Waals surface area contributed by atoms with Gasteiger partial charge in [-0.25, -0.2) is 9.59 Å². The smallest absolute Gasteiger partial charge is 0.480 e. The Labute approximate surface area is 133 Å². The average Bonchev–Trinajstić information content (AvgIpc) is 2.46. The molecule has 1 atom stereocenters. The van der Waals surface area contributed by atoms with E-state index < -0.39 is 42.4 Å². The molecule has 0 bridgehead atoms. The third-order valence-corrected chi connectivity index (χ3v) is 2.29. The molecule has 1 rings (SSSR count). The molecule has 0 spiro atoms. The number of amides is 2. The number of carbonyl (C=O) groups is 4. The van der Waals surface area contributed by atoms with Gasteiger partial charge in [0.2, 0.25) is 5.91 Å². The number of primary amides is 1. The van der Waals surface area contributed by atoms with Gasteiger partial charge in [0.15, 0.2) is 0 Å². The summed E-state index contributed by atoms with van der Waals surface area (Å²) in [6.45, 7) is 0. The Morgan fingerprint density at radius 2 is 1.54 bits per heavy atom. The van der Waals surface area contributed by atoms with Gasteiger partial charge in [0.1, 0.15) is 6.04 Å². The first-order valence-electron chi connectivity index (χ1n) is 6.12. The van der Waals surface area contributed by atoms with Gasteiger partial charge in [-0.15, -0.1) is 0 Å². The van der Waals surface area contributed by atoms with Gasteiger partial charge in [0.05, 0.1) is 6.42 Å². The molecule has 8 nitrogen and oxygen atoms in total. The van der Waals surface area contributed by atoms with Crippen molar-refractivity contribution in [2.75, 3.05) is 0 Å². The van der Waals surface area contributed by atoms with E-state index in [1.807, 2.05) is 0 Å². The summed E-state index contributed by atoms with van der Waals surface area (Å²) in [5.41, 5.74) is 5.21. The second-order valence-corrected chi connectivity index (χ2v) is 4.20. The fourth-order valence-electron chi connectivity index (χ4n) is 1.23. The van der Waals surface area contributed by atoms with Crippen LogP contribution in [0.25, 0.3) is 0 Å². The summed E-state index contributed by atoms with van der Waals surface area (Å²) in [6.07, 6.45) is -5.52. The van der Waals surface area contributed by atoms with E-state index in [1.165, 1.54) is 0 Å². The van der Waals surface area contributed by atoms with Crippen molar-refractivity contribution in [1.29, 1.82) is 0 Å². The summed E-state index contributed by atoms with van der Waals surface area (Å²) in [7, 11) is 0. The zero-order valence-electron chi connectivity index (χ0n) is 11.9. The third kappa shape index (κ3) is 8.36. The lowest BCUT2D eigenvalue weighted by Gasteiger charge is -2.12. The number of carbonyl (C=O) groups excluding carboxylic acids is 2. The van der Waals surface area contributed by atoms with Crippen molar-refractivity contribution < 1.29 is 42.6 Å². The zero-order valence-corrected chi connectivity index (χ0v) is 11.9. The fourth-order valence-corrected chi connectivity index (χ4v) is 1.23. The van der Waals surface area contributed by atoms with Crippen LogP contribution in [0, 0.1) is 0 Å². The number of hydrogen-bond acceptors (Lipinski definition) is 4. The highest BCUT2D eigenvalue weighted by atomic mass is 19.4. The minimum absolute atomic E-state index is 0.322. The van der Waals surface area contributed by atoms with Crippen LogP contribution in [0.2, 0.25) is 0 Å². The Bertz CT molecular complexity index is 603. The first-order valence-corrected chi connectivity index (χ1v) is 6.12. The lowest BCUT2D eigenvalue weighted by atomic mass is 10.1. The highest BCUT2D eigenvalue weighted by molar-refractivity contribution is 5.97. The topological polar surface area (TPSA) is 147 Å². The van der Waals surface area contributed by atoms with Crippen molar-refractivity contribution in [1.82, 2.24) is 5.32 Å². The molecule has 1 aromatic rings. The number of benzene rings is 1. The summed E-state index contributed by atoms with van der Waals surface area (Å²) in [5, 5.41) is 18.1. The molecule has 1 aromatic carbocycles. The van der Waals surface area contributed by atoms with Crippen molar-refractivity contribution in [2.45, 2.75) is 18.6 Å². The summed E-state index contributed by atoms with van der Waals surface area (Å²) in [4.78, 5) is 41.9. The van der Waals surface area contributed by atoms with Crippen molar-refractivity contribution in [2.24, 2.45) is 5.73 Å². The molecular formula is C13H13F3N2O6. The van der Waals surface area contributed by atoms with E-state index >= 15 is 0 Å². The fraction of sp³-hybridized carbons (Fsp3) is 0.231. The van der Waals surface area contributed by atoms with Crippen molar-refractivity contribution in [3.8, 4) is 0 Å². The maximum absolute atomic E-state index is 11.6. The first-order chi connectivity index (χ1) is 10.9. The Hall–Kier alpha value is -3.11. The monoisotopic (exact) mass is 350 g/mol. The molecule has 132 valence electrons. The van der Waals surface area contributed by atoms with Crippen molar-refractivity contribution in [3.63, 3.8) is 0 Å². The minimum atomic E-state index is -5.08. The largest absolute Gasteiger partial charge is 0.490 e. The molecule has 5 N–H and O–H groups in total. The molecule has 0 saturated heterocycles. The van der Waals surface area contributed by atoms with Crippen molar-refractivity contribution in [3.05, 3.63) is 35.9 Å². The maximum Gasteiger partial charge on any atom is 0.490 e. The SMILES string of the molecule is NC(=O)CC(NC(=O)c1ccccc1)C(=O)O.O=C(O)C(F)(F)F. The number of nitrogens with two attached hydrogens (primary N) is 1. The predicted octanol–water partition coefficient (Wildman–Crippen LogP) is 0.378. The molecule has 11 heteroatoms. The number of alkyl halides is 3. The molecule has 0 radical (unpaired) electrons. The molecule has 24 heavy (non-hydrogen) atoms. The lowest BCUT2D eigenvalue weighted by molar-refractivity contribution is -0.192. The van der Waals surface area contributed by atoms with Crippen LogP contribution in [-0.4, -0.2) is 46.2 Å². The molecule has 0 aliphatic rings. The van der Waals surface area contributed by atoms with Gasteiger partial charge < -0.3 is 21.3 Å². The van der Waals surface area contributed by atoms with E-state index in [4.69, 9.17) is 20.7 Å². The number of hydrogen-bond donors (Lipinski definition) is 4. The van der Waals surface area contributed by atoms with Crippen LogP contribution in [0.15, 0.2) is 30.3 Å². The van der Waals surface area contributed by atoms with Gasteiger partial charge in [-0.3, -0.25) is 9.59 Å². The number of halogens is 3. The molecule has 2 amide bonds. The maximum atomic E-state index is 11.6. The number of carboxylic acids is 2. The Morgan fingerprint density at radius 1 is 1.08 bits per heavy atom. The lowest BCUT2D eigenvalue weighted by Crippen LogP contribution is -2.43. The van der Waals surface area contributed by atoms with Gasteiger partial charge in [-0.2, -0.15) is 13.2 Å². The Morgan fingerprint density at radius 3 is 1.88 bits per heavy atom. The summed E-state index contributed by atoms with van der Waals surface area (Å²) in [6, 6.07) is 6.81. The summed E-state index contributed by atoms with van der Waals surface area (Å²) >= 11 is 0. The predicted molar refractivity (Wildman–Crippen MR) is 72.8 cm³/mol. The molecule has 0 aromatic heterocycles. The van der Waals surface area contributed by atoms with E-state index in [1.54, 1.807) is 30.3 Å². The molecule has 0 saturated carbocycles. The summed E-state index contributed by atoms with van der Waals surface area (Å²) in [5.74, 6) is -5.40. The van der Waals surface area contributed by atoms with E-state index in [2.05, 4.69) is 5.32 Å². The van der Waals surface area contributed by atoms with Crippen LogP contribution in [0.1, 0.15) is 16.8 Å². The summed E-state index contributed by atoms with van der Waals surface area (Å²) < 4.78 is 31.7. The van der Waals surface area contributed by atoms with Gasteiger partial charge >= 0.3 is 18.1 Å². The van der Waals surface area contributed by atoms with E-state index in [0.717, 1.165) is 0 Å². The molecule has 0 aliphatic heterocycles. The number of aliphatic carboxylic acids is 2. The van der Waals surface area contributed by atoms with Gasteiger partial charge in [0, 0.05) is 5.56 Å². The second kappa shape index (κ2) is 9.12. The van der Waals surface area contributed by atoms with Crippen LogP contribution in [0.3, 0.4) is 0 Å². The highest BCUT2D eigenvalue weighted by Crippen LogP contribution is 2.13. The number of rotatable bonds is 5. The van der Waals surface area contributed by atoms with E-state index in [-0.39, 0.29) is 0 Å². The number of nitrogens with one attached hydrogen (secondary N) is 1. The average molecular weight is 350 g/mol. The van der Waals surface area contributed by atoms with Crippen LogP contribution in [0.4, 0.5) is 13.2 Å². The van der Waals surface area contributed by atoms with Crippen LogP contribution in [0.5, 0.6) is 0 Å². The van der Waals surface area contributed by atoms with Crippen LogP contribution in [-0.2, 0) is 14.4 Å². The minimum Gasteiger partial charge on any atom is -0.480 e. The molecule has 0 heterocycles. The first kappa shape index (κ1) is 20.9. The van der Waals surface area contributed by atoms with Gasteiger partial charge in [0.25, 0.3) is 5.91 Å². The second-order valence-electron chi connectivity index (χ2n) is 4.20. The quantitative estimate of drug-likeness (QED) is 0.603. The normalized spacial score (nSPS) is 11.5. The third-order valence-electron chi connectivity index (χ3n) is 2.29. The standard InChI is InChI=1S/C11H12N2O4.C2HF3O2/c12-9(14)6-8(11(16)17)13-10(15)7-4-2-1-3-5-7;3-2(4,5)1(6)7/h1-5,8H,6H2,(H2,12,14)(H,13,15)(H,16,17);(H,6,7). The molecular weight excluding hydrogens is 337 g/mol. The van der Waals surface area contributed by atoms with Crippen molar-refractivity contribution >= 4 is 23.8 Å². The Balaban J connectivity index is 0.000000640. The molecule has 0 fully saturated rings. The van der Waals surface area contributed by atoms with Gasteiger partial charge in [-0.05, 0) is 12.1 Å². The highest BCUT2D eigenvalue weighted by Gasteiger charge is 2.38. The number of carboxylic acid groups (broad SMARTS) is 2. The molecule has 0 aliphatic carbocycles. The van der Waals surface area contributed by atoms with E-state index in [9.17, 15) is 27.6 Å². The van der Waals surface area contributed by atoms with Gasteiger partial charge in [-0.1, -0.05) is 18.2 Å². The van der Waals surface area contributed by atoms with E-state index in [0.29, 0.717) is 5.56 Å². The zero-order chi connectivity index (χ0) is 18.9. The van der Waals surface area contributed by atoms with Crippen LogP contribution >= 0.6 is 0 Å². The Kier molecular flexibility index (Phi) is 7.94. The molecule has 1 unspecified atom stereocenters. The van der Waals surface area contributed by atoms with Crippen LogP contribution < -0.4 is 11.1 Å².